The van der Waals surface area contributed by atoms with Gasteiger partial charge in [-0.3, -0.25) is 9.52 Å². The van der Waals surface area contributed by atoms with Crippen LogP contribution in [0.2, 0.25) is 0 Å². The van der Waals surface area contributed by atoms with E-state index in [-0.39, 0.29) is 4.90 Å². The van der Waals surface area contributed by atoms with Gasteiger partial charge in [0.05, 0.1) is 17.7 Å². The fourth-order valence-electron chi connectivity index (χ4n) is 3.98. The van der Waals surface area contributed by atoms with Crippen LogP contribution in [0, 0.1) is 0 Å². The molecule has 0 spiro atoms. The first-order valence-corrected chi connectivity index (χ1v) is 14.4. The molecule has 0 heterocycles. The van der Waals surface area contributed by atoms with Crippen LogP contribution in [0.1, 0.15) is 35.3 Å². The monoisotopic (exact) mass is 556 g/mol. The van der Waals surface area contributed by atoms with Crippen LogP contribution in [0.15, 0.2) is 113 Å². The SMILES string of the molecule is CCOc1ccc(S(=O)(=O)Nc2ccc(C(=O)N/N=C/c3ccc(N(CC)Cc4ccccc4)cc3)cc2)cc1. The highest BCUT2D eigenvalue weighted by atomic mass is 32.2. The first-order valence-electron chi connectivity index (χ1n) is 13.0. The van der Waals surface area contributed by atoms with Gasteiger partial charge in [-0.05, 0) is 85.6 Å². The van der Waals surface area contributed by atoms with Gasteiger partial charge in [0.2, 0.25) is 0 Å². The van der Waals surface area contributed by atoms with Gasteiger partial charge in [-0.15, -0.1) is 0 Å². The number of carbonyl (C=O) groups is 1. The minimum Gasteiger partial charge on any atom is -0.494 e. The van der Waals surface area contributed by atoms with Crippen molar-refractivity contribution in [1.82, 2.24) is 5.43 Å². The molecular weight excluding hydrogens is 524 g/mol. The quantitative estimate of drug-likeness (QED) is 0.173. The van der Waals surface area contributed by atoms with E-state index < -0.39 is 15.9 Å². The summed E-state index contributed by atoms with van der Waals surface area (Å²) in [7, 11) is -3.78. The van der Waals surface area contributed by atoms with Crippen LogP contribution in [-0.2, 0) is 16.6 Å². The van der Waals surface area contributed by atoms with Crippen molar-refractivity contribution < 1.29 is 17.9 Å². The number of anilines is 2. The van der Waals surface area contributed by atoms with Gasteiger partial charge < -0.3 is 9.64 Å². The molecule has 2 N–H and O–H groups in total. The van der Waals surface area contributed by atoms with Gasteiger partial charge in [0.25, 0.3) is 15.9 Å². The summed E-state index contributed by atoms with van der Waals surface area (Å²) >= 11 is 0. The smallest absolute Gasteiger partial charge is 0.271 e. The third-order valence-electron chi connectivity index (χ3n) is 6.08. The normalized spacial score (nSPS) is 11.2. The molecule has 0 aliphatic heterocycles. The summed E-state index contributed by atoms with van der Waals surface area (Å²) in [5.41, 5.74) is 6.38. The van der Waals surface area contributed by atoms with Crippen molar-refractivity contribution in [2.24, 2.45) is 5.10 Å². The highest BCUT2D eigenvalue weighted by Gasteiger charge is 2.15. The number of hydrogen-bond donors (Lipinski definition) is 2. The van der Waals surface area contributed by atoms with Crippen molar-refractivity contribution in [3.8, 4) is 5.75 Å². The van der Waals surface area contributed by atoms with Crippen molar-refractivity contribution in [3.63, 3.8) is 0 Å². The number of rotatable bonds is 12. The molecule has 8 nitrogen and oxygen atoms in total. The Bertz CT molecular complexity index is 1520. The molecule has 0 saturated heterocycles. The number of benzene rings is 4. The fraction of sp³-hybridized carbons (Fsp3) is 0.161. The average Bonchev–Trinajstić information content (AvgIpc) is 2.97. The summed E-state index contributed by atoms with van der Waals surface area (Å²) in [4.78, 5) is 14.9. The molecule has 0 radical (unpaired) electrons. The van der Waals surface area contributed by atoms with Gasteiger partial charge in [-0.2, -0.15) is 5.10 Å². The van der Waals surface area contributed by atoms with Crippen molar-refractivity contribution >= 4 is 33.5 Å². The predicted octanol–water partition coefficient (Wildman–Crippen LogP) is 5.68. The molecule has 0 bridgehead atoms. The molecule has 0 saturated carbocycles. The van der Waals surface area contributed by atoms with Crippen LogP contribution in [0.4, 0.5) is 11.4 Å². The van der Waals surface area contributed by atoms with E-state index in [1.54, 1.807) is 18.3 Å². The van der Waals surface area contributed by atoms with Gasteiger partial charge in [-0.1, -0.05) is 42.5 Å². The number of nitrogens with one attached hydrogen (secondary N) is 2. The zero-order chi connectivity index (χ0) is 28.4. The summed E-state index contributed by atoms with van der Waals surface area (Å²) in [6.07, 6.45) is 1.58. The van der Waals surface area contributed by atoms with Gasteiger partial charge >= 0.3 is 0 Å². The van der Waals surface area contributed by atoms with Crippen LogP contribution >= 0.6 is 0 Å². The zero-order valence-electron chi connectivity index (χ0n) is 22.4. The molecule has 4 aromatic rings. The van der Waals surface area contributed by atoms with Crippen LogP contribution in [0.25, 0.3) is 0 Å². The van der Waals surface area contributed by atoms with Crippen LogP contribution < -0.4 is 19.8 Å². The molecule has 0 aliphatic rings. The summed E-state index contributed by atoms with van der Waals surface area (Å²) < 4.78 is 33.2. The molecule has 0 aromatic heterocycles. The van der Waals surface area contributed by atoms with Crippen LogP contribution in [0.3, 0.4) is 0 Å². The Kier molecular flexibility index (Phi) is 9.53. The van der Waals surface area contributed by atoms with E-state index in [9.17, 15) is 13.2 Å². The summed E-state index contributed by atoms with van der Waals surface area (Å²) in [6.45, 7) is 6.17. The van der Waals surface area contributed by atoms with E-state index in [1.165, 1.54) is 42.0 Å². The standard InChI is InChI=1S/C31H32N4O4S/c1-3-35(23-25-8-6-5-7-9-25)28-16-10-24(11-17-28)22-32-33-31(36)26-12-14-27(15-13-26)34-40(37,38)30-20-18-29(19-21-30)39-4-2/h5-22,34H,3-4,23H2,1-2H3,(H,33,36)/b32-22+. The third kappa shape index (κ3) is 7.70. The lowest BCUT2D eigenvalue weighted by atomic mass is 10.1. The first kappa shape index (κ1) is 28.4. The number of sulfonamides is 1. The lowest BCUT2D eigenvalue weighted by Gasteiger charge is -2.23. The molecule has 4 aromatic carbocycles. The molecule has 0 atom stereocenters. The summed E-state index contributed by atoms with van der Waals surface area (Å²) in [5.74, 6) is 0.187. The van der Waals surface area contributed by atoms with E-state index >= 15 is 0 Å². The summed E-state index contributed by atoms with van der Waals surface area (Å²) in [6, 6.07) is 30.5. The van der Waals surface area contributed by atoms with Gasteiger partial charge in [0, 0.05) is 30.0 Å². The highest BCUT2D eigenvalue weighted by molar-refractivity contribution is 7.92. The maximum Gasteiger partial charge on any atom is 0.271 e. The Morgan fingerprint density at radius 3 is 2.17 bits per heavy atom. The fourth-order valence-corrected chi connectivity index (χ4v) is 5.03. The van der Waals surface area contributed by atoms with E-state index in [0.29, 0.717) is 23.6 Å². The van der Waals surface area contributed by atoms with E-state index in [2.05, 4.69) is 39.2 Å². The number of hydrogen-bond acceptors (Lipinski definition) is 6. The third-order valence-corrected chi connectivity index (χ3v) is 7.48. The number of carbonyl (C=O) groups excluding carboxylic acids is 1. The van der Waals surface area contributed by atoms with Crippen LogP contribution in [0.5, 0.6) is 5.75 Å². The molecule has 206 valence electrons. The molecular formula is C31H32N4O4S. The molecule has 4 rings (SSSR count). The Hall–Kier alpha value is -4.63. The van der Waals surface area contributed by atoms with Gasteiger partial charge in [0.1, 0.15) is 5.75 Å². The zero-order valence-corrected chi connectivity index (χ0v) is 23.3. The van der Waals surface area contributed by atoms with Crippen molar-refractivity contribution in [1.29, 1.82) is 0 Å². The maximum absolute atomic E-state index is 12.7. The molecule has 9 heteroatoms. The second-order valence-corrected chi connectivity index (χ2v) is 10.6. The van der Waals surface area contributed by atoms with E-state index in [4.69, 9.17) is 4.74 Å². The first-order chi connectivity index (χ1) is 19.4. The molecule has 1 amide bonds. The minimum absolute atomic E-state index is 0.110. The number of hydrazone groups is 1. The van der Waals surface area contributed by atoms with Gasteiger partial charge in [-0.25, -0.2) is 13.8 Å². The molecule has 0 aliphatic carbocycles. The Labute approximate surface area is 235 Å². The predicted molar refractivity (Wildman–Crippen MR) is 160 cm³/mol. The molecule has 0 unspecified atom stereocenters. The molecule has 0 fully saturated rings. The maximum atomic E-state index is 12.7. The van der Waals surface area contributed by atoms with E-state index in [0.717, 1.165) is 24.3 Å². The average molecular weight is 557 g/mol. The number of nitrogens with zero attached hydrogens (tertiary/aromatic N) is 2. The second kappa shape index (κ2) is 13.4. The van der Waals surface area contributed by atoms with Crippen molar-refractivity contribution in [2.45, 2.75) is 25.3 Å². The lowest BCUT2D eigenvalue weighted by molar-refractivity contribution is 0.0955. The topological polar surface area (TPSA) is 100 Å². The number of ether oxygens (including phenoxy) is 1. The van der Waals surface area contributed by atoms with Crippen molar-refractivity contribution in [3.05, 3.63) is 120 Å². The Morgan fingerprint density at radius 1 is 0.875 bits per heavy atom. The molecule has 40 heavy (non-hydrogen) atoms. The van der Waals surface area contributed by atoms with Crippen molar-refractivity contribution in [2.75, 3.05) is 22.8 Å². The van der Waals surface area contributed by atoms with Crippen LogP contribution in [-0.4, -0.2) is 33.7 Å². The van der Waals surface area contributed by atoms with Gasteiger partial charge in [0.15, 0.2) is 0 Å². The summed E-state index contributed by atoms with van der Waals surface area (Å²) in [5, 5.41) is 4.06. The Balaban J connectivity index is 1.31. The minimum atomic E-state index is -3.78. The Morgan fingerprint density at radius 2 is 1.55 bits per heavy atom. The highest BCUT2D eigenvalue weighted by Crippen LogP contribution is 2.20. The second-order valence-electron chi connectivity index (χ2n) is 8.88. The lowest BCUT2D eigenvalue weighted by Crippen LogP contribution is -2.21. The number of amides is 1. The largest absolute Gasteiger partial charge is 0.494 e. The van der Waals surface area contributed by atoms with E-state index in [1.807, 2.05) is 49.4 Å².